The molecule has 0 atom stereocenters. The van der Waals surface area contributed by atoms with E-state index in [4.69, 9.17) is 11.6 Å². The Balaban J connectivity index is 1.39. The third-order valence-electron chi connectivity index (χ3n) is 4.27. The van der Waals surface area contributed by atoms with Gasteiger partial charge in [-0.3, -0.25) is 9.69 Å². The lowest BCUT2D eigenvalue weighted by molar-refractivity contribution is 0.0954. The lowest BCUT2D eigenvalue weighted by Gasteiger charge is -2.27. The van der Waals surface area contributed by atoms with E-state index in [2.05, 4.69) is 20.9 Å². The number of aromatic nitrogens is 3. The molecule has 144 valence electrons. The van der Waals surface area contributed by atoms with Crippen molar-refractivity contribution in [3.63, 3.8) is 0 Å². The van der Waals surface area contributed by atoms with Crippen LogP contribution in [0.2, 0.25) is 4.34 Å². The molecule has 0 saturated carbocycles. The summed E-state index contributed by atoms with van der Waals surface area (Å²) in [5.41, 5.74) is 2.29. The summed E-state index contributed by atoms with van der Waals surface area (Å²) in [5.74, 6) is -0.199. The molecule has 8 nitrogen and oxygen atoms in total. The standard InChI is InChI=1S/C18H17ClN6O2S/c19-16-7-6-15(28-16)17(26)21-10-12-11-25(23-22-12)14-4-2-13(3-5-14)24-9-1-8-20-18(24)27/h2-7,11H,1,8-10H2,(H,20,27)(H,21,26). The minimum Gasteiger partial charge on any atom is -0.346 e. The summed E-state index contributed by atoms with van der Waals surface area (Å²) in [4.78, 5) is 26.3. The first-order valence-electron chi connectivity index (χ1n) is 8.71. The second-order valence-corrected chi connectivity index (χ2v) is 7.91. The van der Waals surface area contributed by atoms with Crippen LogP contribution in [0.4, 0.5) is 10.5 Å². The van der Waals surface area contributed by atoms with Gasteiger partial charge in [0.15, 0.2) is 0 Å². The number of benzene rings is 1. The molecule has 10 heteroatoms. The van der Waals surface area contributed by atoms with Crippen LogP contribution in [0.5, 0.6) is 0 Å². The molecular formula is C18H17ClN6O2S. The summed E-state index contributed by atoms with van der Waals surface area (Å²) in [6, 6.07) is 10.8. The monoisotopic (exact) mass is 416 g/mol. The zero-order valence-electron chi connectivity index (χ0n) is 14.8. The van der Waals surface area contributed by atoms with Crippen LogP contribution in [0.3, 0.4) is 0 Å². The van der Waals surface area contributed by atoms with Gasteiger partial charge in [-0.15, -0.1) is 16.4 Å². The number of halogens is 1. The maximum atomic E-state index is 12.1. The first-order chi connectivity index (χ1) is 13.6. The molecule has 2 aromatic heterocycles. The van der Waals surface area contributed by atoms with Crippen molar-refractivity contribution in [2.24, 2.45) is 0 Å². The van der Waals surface area contributed by atoms with Gasteiger partial charge in [0.2, 0.25) is 0 Å². The van der Waals surface area contributed by atoms with Crippen LogP contribution in [0.1, 0.15) is 21.8 Å². The van der Waals surface area contributed by atoms with E-state index in [-0.39, 0.29) is 18.5 Å². The van der Waals surface area contributed by atoms with E-state index in [1.165, 1.54) is 11.3 Å². The number of carbonyl (C=O) groups is 2. The number of anilines is 1. The number of hydrogen-bond acceptors (Lipinski definition) is 5. The topological polar surface area (TPSA) is 92.2 Å². The van der Waals surface area contributed by atoms with E-state index in [1.807, 2.05) is 24.3 Å². The summed E-state index contributed by atoms with van der Waals surface area (Å²) < 4.78 is 2.20. The van der Waals surface area contributed by atoms with Crippen molar-refractivity contribution in [2.75, 3.05) is 18.0 Å². The number of hydrogen-bond donors (Lipinski definition) is 2. The normalized spacial score (nSPS) is 14.0. The average molecular weight is 417 g/mol. The van der Waals surface area contributed by atoms with Gasteiger partial charge in [-0.1, -0.05) is 16.8 Å². The predicted molar refractivity (Wildman–Crippen MR) is 107 cm³/mol. The molecule has 0 unspecified atom stereocenters. The summed E-state index contributed by atoms with van der Waals surface area (Å²) in [7, 11) is 0. The molecule has 1 fully saturated rings. The highest BCUT2D eigenvalue weighted by molar-refractivity contribution is 7.17. The molecule has 4 rings (SSSR count). The largest absolute Gasteiger partial charge is 0.346 e. The van der Waals surface area contributed by atoms with Crippen molar-refractivity contribution in [2.45, 2.75) is 13.0 Å². The molecular weight excluding hydrogens is 400 g/mol. The number of nitrogens with one attached hydrogen (secondary N) is 2. The molecule has 3 aromatic rings. The van der Waals surface area contributed by atoms with E-state index in [1.54, 1.807) is 27.9 Å². The highest BCUT2D eigenvalue weighted by Gasteiger charge is 2.19. The Kier molecular flexibility index (Phi) is 5.27. The Morgan fingerprint density at radius 1 is 1.21 bits per heavy atom. The molecule has 0 radical (unpaired) electrons. The zero-order valence-corrected chi connectivity index (χ0v) is 16.3. The Bertz CT molecular complexity index is 1000. The molecule has 28 heavy (non-hydrogen) atoms. The third-order valence-corrected chi connectivity index (χ3v) is 5.50. The number of thiophene rings is 1. The number of nitrogens with zero attached hydrogens (tertiary/aromatic N) is 4. The maximum Gasteiger partial charge on any atom is 0.321 e. The second-order valence-electron chi connectivity index (χ2n) is 6.19. The van der Waals surface area contributed by atoms with Gasteiger partial charge in [-0.2, -0.15) is 0 Å². The van der Waals surface area contributed by atoms with Gasteiger partial charge in [-0.05, 0) is 42.8 Å². The van der Waals surface area contributed by atoms with E-state index in [0.29, 0.717) is 28.0 Å². The minimum atomic E-state index is -0.199. The van der Waals surface area contributed by atoms with Crippen LogP contribution in [-0.2, 0) is 6.54 Å². The Morgan fingerprint density at radius 2 is 2.00 bits per heavy atom. The SMILES string of the molecule is O=C(NCc1cn(-c2ccc(N3CCCNC3=O)cc2)nn1)c1ccc(Cl)s1. The fourth-order valence-electron chi connectivity index (χ4n) is 2.86. The quantitative estimate of drug-likeness (QED) is 0.669. The van der Waals surface area contributed by atoms with Crippen molar-refractivity contribution in [3.05, 3.63) is 57.5 Å². The second kappa shape index (κ2) is 7.99. The van der Waals surface area contributed by atoms with E-state index in [9.17, 15) is 9.59 Å². The van der Waals surface area contributed by atoms with Crippen molar-refractivity contribution in [1.82, 2.24) is 25.6 Å². The fourth-order valence-corrected chi connectivity index (χ4v) is 3.82. The molecule has 1 aromatic carbocycles. The van der Waals surface area contributed by atoms with Crippen molar-refractivity contribution < 1.29 is 9.59 Å². The third kappa shape index (κ3) is 4.00. The summed E-state index contributed by atoms with van der Waals surface area (Å²) >= 11 is 7.08. The van der Waals surface area contributed by atoms with Crippen LogP contribution in [0.25, 0.3) is 5.69 Å². The number of amides is 3. The molecule has 3 amide bonds. The number of rotatable bonds is 5. The summed E-state index contributed by atoms with van der Waals surface area (Å²) in [6.07, 6.45) is 2.67. The molecule has 1 aliphatic heterocycles. The van der Waals surface area contributed by atoms with Gasteiger partial charge >= 0.3 is 6.03 Å². The average Bonchev–Trinajstić information content (AvgIpc) is 3.36. The summed E-state index contributed by atoms with van der Waals surface area (Å²) in [5, 5.41) is 13.8. The van der Waals surface area contributed by atoms with E-state index >= 15 is 0 Å². The maximum absolute atomic E-state index is 12.1. The van der Waals surface area contributed by atoms with E-state index in [0.717, 1.165) is 17.8 Å². The number of urea groups is 1. The lowest BCUT2D eigenvalue weighted by Crippen LogP contribution is -2.46. The molecule has 0 aliphatic carbocycles. The Labute approximate surface area is 170 Å². The van der Waals surface area contributed by atoms with Crippen molar-refractivity contribution >= 4 is 40.6 Å². The smallest absolute Gasteiger partial charge is 0.321 e. The Morgan fingerprint density at radius 3 is 2.71 bits per heavy atom. The molecule has 1 saturated heterocycles. The summed E-state index contributed by atoms with van der Waals surface area (Å²) in [6.45, 7) is 1.68. The van der Waals surface area contributed by atoms with Crippen LogP contribution in [0.15, 0.2) is 42.6 Å². The first kappa shape index (κ1) is 18.5. The van der Waals surface area contributed by atoms with Crippen LogP contribution in [-0.4, -0.2) is 40.0 Å². The van der Waals surface area contributed by atoms with Gasteiger partial charge in [0.25, 0.3) is 5.91 Å². The van der Waals surface area contributed by atoms with Crippen molar-refractivity contribution in [1.29, 1.82) is 0 Å². The first-order valence-corrected chi connectivity index (χ1v) is 9.90. The van der Waals surface area contributed by atoms with Crippen LogP contribution < -0.4 is 15.5 Å². The predicted octanol–water partition coefficient (Wildman–Crippen LogP) is 2.83. The molecule has 0 bridgehead atoms. The van der Waals surface area contributed by atoms with Gasteiger partial charge in [-0.25, -0.2) is 9.48 Å². The molecule has 3 heterocycles. The van der Waals surface area contributed by atoms with Gasteiger partial charge in [0.1, 0.15) is 5.69 Å². The van der Waals surface area contributed by atoms with Crippen LogP contribution >= 0.6 is 22.9 Å². The molecule has 1 aliphatic rings. The van der Waals surface area contributed by atoms with E-state index < -0.39 is 0 Å². The van der Waals surface area contributed by atoms with Gasteiger partial charge in [0.05, 0.1) is 27.6 Å². The highest BCUT2D eigenvalue weighted by atomic mass is 35.5. The van der Waals surface area contributed by atoms with Gasteiger partial charge in [0, 0.05) is 18.8 Å². The lowest BCUT2D eigenvalue weighted by atomic mass is 10.2. The molecule has 0 spiro atoms. The Hall–Kier alpha value is -2.91. The number of carbonyl (C=O) groups excluding carboxylic acids is 2. The van der Waals surface area contributed by atoms with Crippen molar-refractivity contribution in [3.8, 4) is 5.69 Å². The fraction of sp³-hybridized carbons (Fsp3) is 0.222. The molecule has 2 N–H and O–H groups in total. The van der Waals surface area contributed by atoms with Gasteiger partial charge < -0.3 is 10.6 Å². The van der Waals surface area contributed by atoms with Crippen LogP contribution in [0, 0.1) is 0 Å². The zero-order chi connectivity index (χ0) is 19.5. The minimum absolute atomic E-state index is 0.0789. The highest BCUT2D eigenvalue weighted by Crippen LogP contribution is 2.21.